The summed E-state index contributed by atoms with van der Waals surface area (Å²) in [4.78, 5) is 54.5. The van der Waals surface area contributed by atoms with E-state index in [1.165, 1.54) is 4.90 Å². The molecule has 5 aliphatic carbocycles. The van der Waals surface area contributed by atoms with Gasteiger partial charge in [-0.1, -0.05) is 13.8 Å². The summed E-state index contributed by atoms with van der Waals surface area (Å²) in [6.45, 7) is 7.98. The minimum atomic E-state index is -5.14. The maximum atomic E-state index is 14.4. The van der Waals surface area contributed by atoms with E-state index in [1.54, 1.807) is 0 Å². The normalized spacial score (nSPS) is 39.3. The number of carbonyl (C=O) groups excluding carboxylic acids is 4. The molecule has 3 N–H and O–H groups in total. The summed E-state index contributed by atoms with van der Waals surface area (Å²) in [7, 11) is 0. The summed E-state index contributed by atoms with van der Waals surface area (Å²) in [6, 6.07) is -1.24. The molecule has 0 aromatic heterocycles. The van der Waals surface area contributed by atoms with Crippen LogP contribution in [0.15, 0.2) is 0 Å². The van der Waals surface area contributed by atoms with Gasteiger partial charge in [-0.05, 0) is 100 Å². The van der Waals surface area contributed by atoms with Crippen molar-refractivity contribution < 1.29 is 32.3 Å². The van der Waals surface area contributed by atoms with Crippen molar-refractivity contribution >= 4 is 23.6 Å². The number of likely N-dealkylation sites (tertiary alicyclic amines) is 1. The molecule has 0 aromatic carbocycles. The summed E-state index contributed by atoms with van der Waals surface area (Å²) in [6.07, 6.45) is 0.274. The van der Waals surface area contributed by atoms with Gasteiger partial charge in [0.05, 0.1) is 6.07 Å². The Labute approximate surface area is 250 Å². The molecule has 2 heterocycles. The number of nitrogens with one attached hydrogen (secondary N) is 3. The molecule has 7 fully saturated rings. The van der Waals surface area contributed by atoms with Crippen molar-refractivity contribution in [2.75, 3.05) is 6.54 Å². The van der Waals surface area contributed by atoms with Crippen LogP contribution < -0.4 is 16.0 Å². The number of nitrogens with zero attached hydrogens (tertiary/aromatic N) is 2. The Bertz CT molecular complexity index is 1240. The van der Waals surface area contributed by atoms with Gasteiger partial charge >= 0.3 is 12.1 Å². The van der Waals surface area contributed by atoms with E-state index in [9.17, 15) is 37.6 Å². The first kappa shape index (κ1) is 30.2. The van der Waals surface area contributed by atoms with Crippen LogP contribution in [0.3, 0.4) is 0 Å². The highest BCUT2D eigenvalue weighted by molar-refractivity contribution is 5.95. The Kier molecular flexibility index (Phi) is 6.90. The highest BCUT2D eigenvalue weighted by Gasteiger charge is 2.70. The van der Waals surface area contributed by atoms with Gasteiger partial charge in [0.15, 0.2) is 0 Å². The Morgan fingerprint density at radius 2 is 1.60 bits per heavy atom. The second-order valence-corrected chi connectivity index (χ2v) is 15.8. The van der Waals surface area contributed by atoms with Gasteiger partial charge in [0.2, 0.25) is 17.7 Å². The van der Waals surface area contributed by atoms with E-state index in [2.05, 4.69) is 22.0 Å². The molecule has 236 valence electrons. The lowest BCUT2D eigenvalue weighted by molar-refractivity contribution is -0.179. The van der Waals surface area contributed by atoms with Crippen LogP contribution in [0.2, 0.25) is 0 Å². The van der Waals surface area contributed by atoms with Crippen molar-refractivity contribution in [3.63, 3.8) is 0 Å². The van der Waals surface area contributed by atoms with Crippen LogP contribution in [0.4, 0.5) is 13.2 Å². The van der Waals surface area contributed by atoms with E-state index in [0.29, 0.717) is 43.4 Å². The van der Waals surface area contributed by atoms with E-state index >= 15 is 0 Å². The summed E-state index contributed by atoms with van der Waals surface area (Å²) < 4.78 is 40.7. The van der Waals surface area contributed by atoms with Crippen LogP contribution in [0.5, 0.6) is 0 Å². The van der Waals surface area contributed by atoms with Crippen LogP contribution in [-0.2, 0) is 19.2 Å². The van der Waals surface area contributed by atoms with E-state index in [0.717, 1.165) is 19.3 Å². The molecule has 7 rings (SSSR count). The van der Waals surface area contributed by atoms with Crippen LogP contribution >= 0.6 is 0 Å². The van der Waals surface area contributed by atoms with Crippen molar-refractivity contribution in [3.05, 3.63) is 0 Å². The number of halogens is 3. The number of hydrogen-bond acceptors (Lipinski definition) is 5. The van der Waals surface area contributed by atoms with Gasteiger partial charge in [-0.25, -0.2) is 0 Å². The smallest absolute Gasteiger partial charge is 0.351 e. The molecule has 43 heavy (non-hydrogen) atoms. The van der Waals surface area contributed by atoms with E-state index < -0.39 is 58.9 Å². The maximum absolute atomic E-state index is 14.4. The van der Waals surface area contributed by atoms with Gasteiger partial charge in [-0.2, -0.15) is 18.4 Å². The van der Waals surface area contributed by atoms with Gasteiger partial charge in [0.25, 0.3) is 0 Å². The van der Waals surface area contributed by atoms with Gasteiger partial charge in [0, 0.05) is 23.4 Å². The Morgan fingerprint density at radius 1 is 1.02 bits per heavy atom. The lowest BCUT2D eigenvalue weighted by atomic mass is 9.47. The number of fused-ring (bicyclic) bond motifs is 1. The van der Waals surface area contributed by atoms with Crippen LogP contribution in [0.1, 0.15) is 79.1 Å². The minimum Gasteiger partial charge on any atom is -0.351 e. The Balaban J connectivity index is 1.25. The number of nitriles is 1. The summed E-state index contributed by atoms with van der Waals surface area (Å²) in [5, 5.41) is 17.7. The van der Waals surface area contributed by atoms with Crippen molar-refractivity contribution in [1.82, 2.24) is 20.9 Å². The van der Waals surface area contributed by atoms with Crippen LogP contribution in [-0.4, -0.2) is 64.9 Å². The molecule has 5 saturated carbocycles. The van der Waals surface area contributed by atoms with Crippen molar-refractivity contribution in [2.45, 2.75) is 109 Å². The maximum Gasteiger partial charge on any atom is 0.471 e. The van der Waals surface area contributed by atoms with E-state index in [1.807, 2.05) is 27.7 Å². The molecule has 0 spiro atoms. The molecule has 0 aromatic rings. The number of carbonyl (C=O) groups is 4. The average molecular weight is 606 g/mol. The highest BCUT2D eigenvalue weighted by Crippen LogP contribution is 2.66. The molecule has 4 amide bonds. The Hall–Kier alpha value is -2.84. The Morgan fingerprint density at radius 3 is 2.09 bits per heavy atom. The fourth-order valence-corrected chi connectivity index (χ4v) is 10.3. The first-order valence-electron chi connectivity index (χ1n) is 15.6. The number of hydrogen-bond donors (Lipinski definition) is 3. The molecule has 0 radical (unpaired) electrons. The predicted molar refractivity (Wildman–Crippen MR) is 147 cm³/mol. The third-order valence-corrected chi connectivity index (χ3v) is 11.8. The first-order chi connectivity index (χ1) is 19.9. The topological polar surface area (TPSA) is 131 Å². The van der Waals surface area contributed by atoms with Gasteiger partial charge < -0.3 is 20.9 Å². The fraction of sp³-hybridized carbons (Fsp3) is 0.839. The molecule has 6 atom stereocenters. The summed E-state index contributed by atoms with van der Waals surface area (Å²) in [5.74, 6) is -3.21. The van der Waals surface area contributed by atoms with Crippen molar-refractivity contribution in [3.8, 4) is 6.07 Å². The third-order valence-electron chi connectivity index (χ3n) is 11.8. The number of rotatable bonds is 7. The largest absolute Gasteiger partial charge is 0.471 e. The monoisotopic (exact) mass is 605 g/mol. The van der Waals surface area contributed by atoms with Crippen LogP contribution in [0.25, 0.3) is 0 Å². The van der Waals surface area contributed by atoms with Crippen LogP contribution in [0, 0.1) is 57.7 Å². The zero-order valence-corrected chi connectivity index (χ0v) is 25.2. The van der Waals surface area contributed by atoms with E-state index in [4.69, 9.17) is 0 Å². The van der Waals surface area contributed by atoms with Gasteiger partial charge in [-0.15, -0.1) is 0 Å². The molecule has 6 unspecified atom stereocenters. The molecule has 9 nitrogen and oxygen atoms in total. The number of alkyl halides is 3. The average Bonchev–Trinajstić information content (AvgIpc) is 3.16. The standard InChI is InChI=1S/C31H42F3N5O4/c1-28(2)12-18(24(40)38-28)8-19(13-35)36-25(41)22-21-20(29(21,3)4)14-39(22)26(42)23(37-27(43)31(32,33)34)30-9-15-5-16(10-30)7-17(6-15)11-30/h15-23H,5-12,14H2,1-4H3,(H,36,41)(H,37,43)(H,38,40). The van der Waals surface area contributed by atoms with Gasteiger partial charge in [0.1, 0.15) is 18.1 Å². The second kappa shape index (κ2) is 9.83. The highest BCUT2D eigenvalue weighted by atomic mass is 19.4. The fourth-order valence-electron chi connectivity index (χ4n) is 10.3. The zero-order valence-electron chi connectivity index (χ0n) is 25.2. The molecule has 12 heteroatoms. The zero-order chi connectivity index (χ0) is 31.3. The van der Waals surface area contributed by atoms with Gasteiger partial charge in [-0.3, -0.25) is 19.2 Å². The molecule has 4 bridgehead atoms. The SMILES string of the molecule is CC1(C)CC(CC(C#N)NC(=O)C2C3C(CN2C(=O)C(NC(=O)C(F)(F)F)C24CC5CC(CC(C5)C2)C4)C3(C)C)C(=O)N1. The number of piperidine rings is 1. The lowest BCUT2D eigenvalue weighted by Gasteiger charge is -2.59. The molecular formula is C31H42F3N5O4. The molecule has 2 aliphatic heterocycles. The number of amides is 4. The summed E-state index contributed by atoms with van der Waals surface area (Å²) >= 11 is 0. The van der Waals surface area contributed by atoms with Crippen molar-refractivity contribution in [1.29, 1.82) is 5.26 Å². The lowest BCUT2D eigenvalue weighted by Crippen LogP contribution is -2.65. The third kappa shape index (κ3) is 5.18. The molecule has 7 aliphatic rings. The quantitative estimate of drug-likeness (QED) is 0.411. The molecular weight excluding hydrogens is 563 g/mol. The predicted octanol–water partition coefficient (Wildman–Crippen LogP) is 3.05. The molecule has 2 saturated heterocycles. The minimum absolute atomic E-state index is 0.0236. The second-order valence-electron chi connectivity index (χ2n) is 15.8. The van der Waals surface area contributed by atoms with E-state index in [-0.39, 0.29) is 36.1 Å². The first-order valence-corrected chi connectivity index (χ1v) is 15.6. The summed E-state index contributed by atoms with van der Waals surface area (Å²) in [5.41, 5.74) is -1.45. The van der Waals surface area contributed by atoms with Crippen molar-refractivity contribution in [2.24, 2.45) is 46.3 Å².